The minimum atomic E-state index is -0.0201. The maximum absolute atomic E-state index is 12.6. The van der Waals surface area contributed by atoms with Crippen molar-refractivity contribution in [3.63, 3.8) is 0 Å². The average Bonchev–Trinajstić information content (AvgIpc) is 3.46. The maximum atomic E-state index is 12.6. The lowest BCUT2D eigenvalue weighted by Gasteiger charge is -2.18. The van der Waals surface area contributed by atoms with Gasteiger partial charge in [-0.1, -0.05) is 72.1 Å². The Balaban J connectivity index is 1.47. The van der Waals surface area contributed by atoms with Gasteiger partial charge in [0.2, 0.25) is 5.91 Å². The fourth-order valence-electron chi connectivity index (χ4n) is 3.46. The second-order valence-electron chi connectivity index (χ2n) is 6.97. The van der Waals surface area contributed by atoms with Crippen LogP contribution in [0.5, 0.6) is 5.75 Å². The van der Waals surface area contributed by atoms with Crippen molar-refractivity contribution in [1.82, 2.24) is 20.5 Å². The molecule has 2 N–H and O–H groups in total. The molecule has 0 spiro atoms. The highest BCUT2D eigenvalue weighted by atomic mass is 32.2. The summed E-state index contributed by atoms with van der Waals surface area (Å²) in [6, 6.07) is 16.2. The molecule has 0 aliphatic rings. The van der Waals surface area contributed by atoms with Crippen molar-refractivity contribution in [3.05, 3.63) is 65.9 Å². The lowest BCUT2D eigenvalue weighted by Crippen LogP contribution is -2.30. The molecule has 2 aromatic carbocycles. The number of nitrogens with one attached hydrogen (secondary N) is 2. The number of para-hydroxylation sites is 1. The Hall–Kier alpha value is -2.49. The summed E-state index contributed by atoms with van der Waals surface area (Å²) in [6.07, 6.45) is 2.04. The quantitative estimate of drug-likeness (QED) is 0.302. The fourth-order valence-corrected chi connectivity index (χ4v) is 6.20. The maximum Gasteiger partial charge on any atom is 0.230 e. The van der Waals surface area contributed by atoms with Gasteiger partial charge >= 0.3 is 0 Å². The van der Waals surface area contributed by atoms with E-state index in [-0.39, 0.29) is 11.8 Å². The van der Waals surface area contributed by atoms with Crippen LogP contribution in [0.1, 0.15) is 24.0 Å². The number of aromatic amines is 1. The van der Waals surface area contributed by atoms with E-state index in [2.05, 4.69) is 51.7 Å². The van der Waals surface area contributed by atoms with Crippen molar-refractivity contribution >= 4 is 51.7 Å². The molecule has 0 fully saturated rings. The van der Waals surface area contributed by atoms with E-state index < -0.39 is 0 Å². The standard InChI is InChI=1S/C23H24N4O2S3/c1-3-30-22-26-27-23(32-22)31-14-21(28)25-12-18(15-8-10-16(29-2)11-9-15)19-13-24-20-7-5-4-6-17(19)20/h4-11,13,18,24H,3,12,14H2,1-2H3,(H,25,28). The number of methoxy groups -OCH3 is 1. The number of carbonyl (C=O) groups is 1. The molecule has 0 radical (unpaired) electrons. The molecule has 4 aromatic rings. The molecule has 2 aromatic heterocycles. The highest BCUT2D eigenvalue weighted by molar-refractivity contribution is 8.03. The first-order chi connectivity index (χ1) is 15.7. The largest absolute Gasteiger partial charge is 0.497 e. The van der Waals surface area contributed by atoms with Crippen LogP contribution < -0.4 is 10.1 Å². The highest BCUT2D eigenvalue weighted by Gasteiger charge is 2.19. The summed E-state index contributed by atoms with van der Waals surface area (Å²) >= 11 is 4.62. The molecule has 0 saturated carbocycles. The Morgan fingerprint density at radius 3 is 2.62 bits per heavy atom. The van der Waals surface area contributed by atoms with Gasteiger partial charge in [-0.15, -0.1) is 10.2 Å². The van der Waals surface area contributed by atoms with Crippen molar-refractivity contribution in [1.29, 1.82) is 0 Å². The Labute approximate surface area is 199 Å². The Bertz CT molecular complexity index is 1170. The van der Waals surface area contributed by atoms with Crippen LogP contribution in [-0.2, 0) is 4.79 Å². The van der Waals surface area contributed by atoms with Gasteiger partial charge in [-0.3, -0.25) is 4.79 Å². The molecule has 166 valence electrons. The zero-order chi connectivity index (χ0) is 22.3. The van der Waals surface area contributed by atoms with Crippen molar-refractivity contribution in [3.8, 4) is 5.75 Å². The van der Waals surface area contributed by atoms with Crippen molar-refractivity contribution < 1.29 is 9.53 Å². The topological polar surface area (TPSA) is 79.9 Å². The van der Waals surface area contributed by atoms with Gasteiger partial charge in [-0.05, 0) is 35.1 Å². The van der Waals surface area contributed by atoms with Crippen LogP contribution in [0.25, 0.3) is 10.9 Å². The summed E-state index contributed by atoms with van der Waals surface area (Å²) in [5.74, 6) is 2.08. The number of carbonyl (C=O) groups excluding carboxylic acids is 1. The molecular weight excluding hydrogens is 460 g/mol. The predicted molar refractivity (Wildman–Crippen MR) is 133 cm³/mol. The van der Waals surface area contributed by atoms with Crippen LogP contribution in [0, 0.1) is 0 Å². The summed E-state index contributed by atoms with van der Waals surface area (Å²) in [7, 11) is 1.66. The van der Waals surface area contributed by atoms with E-state index in [0.29, 0.717) is 12.3 Å². The van der Waals surface area contributed by atoms with Crippen LogP contribution in [0.15, 0.2) is 63.4 Å². The molecule has 1 amide bonds. The van der Waals surface area contributed by atoms with E-state index >= 15 is 0 Å². The predicted octanol–water partition coefficient (Wildman–Crippen LogP) is 5.18. The summed E-state index contributed by atoms with van der Waals surface area (Å²) in [6.45, 7) is 2.58. The molecule has 0 bridgehead atoms. The zero-order valence-corrected chi connectivity index (χ0v) is 20.3. The number of nitrogens with zero attached hydrogens (tertiary/aromatic N) is 2. The van der Waals surface area contributed by atoms with Crippen LogP contribution in [0.2, 0.25) is 0 Å². The zero-order valence-electron chi connectivity index (χ0n) is 17.8. The smallest absolute Gasteiger partial charge is 0.230 e. The molecular formula is C23H24N4O2S3. The number of benzene rings is 2. The first-order valence-electron chi connectivity index (χ1n) is 10.2. The van der Waals surface area contributed by atoms with Crippen molar-refractivity contribution in [2.45, 2.75) is 21.5 Å². The van der Waals surface area contributed by atoms with E-state index in [1.54, 1.807) is 18.9 Å². The van der Waals surface area contributed by atoms with Crippen LogP contribution in [0.3, 0.4) is 0 Å². The van der Waals surface area contributed by atoms with Gasteiger partial charge in [-0.25, -0.2) is 0 Å². The normalized spacial score (nSPS) is 12.1. The summed E-state index contributed by atoms with van der Waals surface area (Å²) in [5, 5.41) is 12.6. The molecule has 0 aliphatic heterocycles. The van der Waals surface area contributed by atoms with Crippen LogP contribution >= 0.6 is 34.9 Å². The minimum absolute atomic E-state index is 0.0140. The highest BCUT2D eigenvalue weighted by Crippen LogP contribution is 2.32. The third kappa shape index (κ3) is 5.46. The van der Waals surface area contributed by atoms with Gasteiger partial charge in [0.15, 0.2) is 8.68 Å². The van der Waals surface area contributed by atoms with Crippen molar-refractivity contribution in [2.75, 3.05) is 25.2 Å². The summed E-state index contributed by atoms with van der Waals surface area (Å²) in [4.78, 5) is 16.0. The van der Waals surface area contributed by atoms with E-state index in [9.17, 15) is 4.79 Å². The number of ether oxygens (including phenoxy) is 1. The molecule has 1 unspecified atom stereocenters. The second kappa shape index (κ2) is 10.9. The van der Waals surface area contributed by atoms with E-state index in [4.69, 9.17) is 4.74 Å². The molecule has 9 heteroatoms. The lowest BCUT2D eigenvalue weighted by atomic mass is 9.91. The second-order valence-corrected chi connectivity index (χ2v) is 10.7. The Morgan fingerprint density at radius 2 is 1.88 bits per heavy atom. The molecule has 32 heavy (non-hydrogen) atoms. The Morgan fingerprint density at radius 1 is 1.12 bits per heavy atom. The molecule has 2 heterocycles. The van der Waals surface area contributed by atoms with Crippen molar-refractivity contribution in [2.24, 2.45) is 0 Å². The number of hydrogen-bond acceptors (Lipinski definition) is 7. The van der Waals surface area contributed by atoms with E-state index in [1.165, 1.54) is 23.1 Å². The average molecular weight is 485 g/mol. The summed E-state index contributed by atoms with van der Waals surface area (Å²) in [5.41, 5.74) is 3.36. The minimum Gasteiger partial charge on any atom is -0.497 e. The van der Waals surface area contributed by atoms with Crippen LogP contribution in [0.4, 0.5) is 0 Å². The number of aromatic nitrogens is 3. The number of hydrogen-bond donors (Lipinski definition) is 2. The lowest BCUT2D eigenvalue weighted by molar-refractivity contribution is -0.118. The molecule has 4 rings (SSSR count). The first kappa shape index (κ1) is 22.7. The summed E-state index contributed by atoms with van der Waals surface area (Å²) < 4.78 is 7.07. The van der Waals surface area contributed by atoms with Gasteiger partial charge in [0.1, 0.15) is 5.75 Å². The molecule has 1 atom stereocenters. The number of amides is 1. The Kier molecular flexibility index (Phi) is 7.72. The first-order valence-corrected chi connectivity index (χ1v) is 13.0. The van der Waals surface area contributed by atoms with Gasteiger partial charge in [0.25, 0.3) is 0 Å². The number of thioether (sulfide) groups is 2. The SMILES string of the molecule is CCSc1nnc(SCC(=O)NCC(c2ccc(OC)cc2)c2c[nH]c3ccccc23)s1. The third-order valence-corrected chi connectivity index (χ3v) is 8.07. The number of rotatable bonds is 10. The van der Waals surface area contributed by atoms with Gasteiger partial charge in [0.05, 0.1) is 12.9 Å². The fraction of sp³-hybridized carbons (Fsp3) is 0.261. The third-order valence-electron chi connectivity index (χ3n) is 5.00. The van der Waals surface area contributed by atoms with Crippen LogP contribution in [-0.4, -0.2) is 46.2 Å². The molecule has 0 aliphatic carbocycles. The number of H-pyrrole nitrogens is 1. The van der Waals surface area contributed by atoms with Gasteiger partial charge in [0, 0.05) is 29.6 Å². The van der Waals surface area contributed by atoms with E-state index in [0.717, 1.165) is 42.2 Å². The molecule has 0 saturated heterocycles. The van der Waals surface area contributed by atoms with Gasteiger partial charge in [-0.2, -0.15) is 0 Å². The van der Waals surface area contributed by atoms with E-state index in [1.807, 2.05) is 30.5 Å². The molecule has 6 nitrogen and oxygen atoms in total. The monoisotopic (exact) mass is 484 g/mol. The number of fused-ring (bicyclic) bond motifs is 1. The van der Waals surface area contributed by atoms with Gasteiger partial charge < -0.3 is 15.0 Å².